The van der Waals surface area contributed by atoms with Gasteiger partial charge >= 0.3 is 0 Å². The zero-order valence-electron chi connectivity index (χ0n) is 11.5. The minimum atomic E-state index is 0.417. The Morgan fingerprint density at radius 2 is 2.26 bits per heavy atom. The Morgan fingerprint density at radius 1 is 1.37 bits per heavy atom. The summed E-state index contributed by atoms with van der Waals surface area (Å²) in [5.74, 6) is 3.71. The van der Waals surface area contributed by atoms with Gasteiger partial charge in [-0.25, -0.2) is 0 Å². The summed E-state index contributed by atoms with van der Waals surface area (Å²) >= 11 is 2.07. The van der Waals surface area contributed by atoms with E-state index in [2.05, 4.69) is 28.0 Å². The molecule has 2 unspecified atom stereocenters. The molecule has 0 aliphatic carbocycles. The molecule has 0 aromatic carbocycles. The van der Waals surface area contributed by atoms with E-state index in [9.17, 15) is 0 Å². The second-order valence-electron chi connectivity index (χ2n) is 5.60. The van der Waals surface area contributed by atoms with Gasteiger partial charge in [0.05, 0.1) is 12.3 Å². The molecule has 3 nitrogen and oxygen atoms in total. The molecule has 1 aromatic rings. The Morgan fingerprint density at radius 3 is 2.95 bits per heavy atom. The fourth-order valence-corrected chi connectivity index (χ4v) is 4.28. The fraction of sp³-hybridized carbons (Fsp3) is 0.733. The number of nitrogens with one attached hydrogen (secondary N) is 1. The molecule has 1 aromatic heterocycles. The predicted molar refractivity (Wildman–Crippen MR) is 80.6 cm³/mol. The van der Waals surface area contributed by atoms with E-state index in [1.165, 1.54) is 50.3 Å². The van der Waals surface area contributed by atoms with Gasteiger partial charge in [-0.3, -0.25) is 4.90 Å². The van der Waals surface area contributed by atoms with Crippen LogP contribution < -0.4 is 5.32 Å². The molecular weight excluding hydrogens is 256 g/mol. The van der Waals surface area contributed by atoms with E-state index in [0.717, 1.165) is 12.3 Å². The van der Waals surface area contributed by atoms with Crippen molar-refractivity contribution in [2.45, 2.75) is 37.8 Å². The number of piperidine rings is 1. The van der Waals surface area contributed by atoms with Crippen LogP contribution in [0.1, 0.15) is 37.5 Å². The van der Waals surface area contributed by atoms with Crippen molar-refractivity contribution in [3.63, 3.8) is 0 Å². The zero-order valence-corrected chi connectivity index (χ0v) is 12.3. The standard InChI is InChI=1S/C15H24N2OS/c1-2-7-17(8-3-1)14(15-5-4-9-18-15)11-16-13-6-10-19-12-13/h4-5,9,13-14,16H,1-3,6-8,10-12H2. The number of furan rings is 1. The average Bonchev–Trinajstić information content (AvgIpc) is 3.13. The molecule has 0 bridgehead atoms. The van der Waals surface area contributed by atoms with E-state index in [-0.39, 0.29) is 0 Å². The van der Waals surface area contributed by atoms with Crippen LogP contribution in [0.25, 0.3) is 0 Å². The highest BCUT2D eigenvalue weighted by Crippen LogP contribution is 2.25. The van der Waals surface area contributed by atoms with Crippen LogP contribution in [0, 0.1) is 0 Å². The molecule has 2 aliphatic heterocycles. The Hall–Kier alpha value is -0.450. The first kappa shape index (κ1) is 13.5. The van der Waals surface area contributed by atoms with Gasteiger partial charge in [0.2, 0.25) is 0 Å². The number of hydrogen-bond donors (Lipinski definition) is 1. The molecule has 3 rings (SSSR count). The van der Waals surface area contributed by atoms with Crippen LogP contribution in [0.15, 0.2) is 22.8 Å². The largest absolute Gasteiger partial charge is 0.468 e. The maximum Gasteiger partial charge on any atom is 0.122 e. The normalized spacial score (nSPS) is 26.6. The first-order chi connectivity index (χ1) is 9.43. The second kappa shape index (κ2) is 6.82. The highest BCUT2D eigenvalue weighted by molar-refractivity contribution is 7.99. The Kier molecular flexibility index (Phi) is 4.86. The smallest absolute Gasteiger partial charge is 0.122 e. The molecule has 0 saturated carbocycles. The van der Waals surface area contributed by atoms with Crippen LogP contribution in [-0.4, -0.2) is 42.1 Å². The van der Waals surface area contributed by atoms with Crippen molar-refractivity contribution >= 4 is 11.8 Å². The topological polar surface area (TPSA) is 28.4 Å². The molecule has 19 heavy (non-hydrogen) atoms. The second-order valence-corrected chi connectivity index (χ2v) is 6.75. The lowest BCUT2D eigenvalue weighted by atomic mass is 10.1. The molecule has 0 spiro atoms. The molecule has 1 N–H and O–H groups in total. The Labute approximate surface area is 120 Å². The van der Waals surface area contributed by atoms with Crippen molar-refractivity contribution in [2.24, 2.45) is 0 Å². The third-order valence-electron chi connectivity index (χ3n) is 4.23. The molecule has 106 valence electrons. The fourth-order valence-electron chi connectivity index (χ4n) is 3.09. The Balaban J connectivity index is 1.61. The molecule has 2 saturated heterocycles. The van der Waals surface area contributed by atoms with Gasteiger partial charge in [0, 0.05) is 18.3 Å². The van der Waals surface area contributed by atoms with Crippen molar-refractivity contribution < 1.29 is 4.42 Å². The first-order valence-corrected chi connectivity index (χ1v) is 8.67. The molecule has 0 radical (unpaired) electrons. The molecular formula is C15H24N2OS. The van der Waals surface area contributed by atoms with Crippen LogP contribution in [0.4, 0.5) is 0 Å². The van der Waals surface area contributed by atoms with Gasteiger partial charge in [0.25, 0.3) is 0 Å². The number of hydrogen-bond acceptors (Lipinski definition) is 4. The number of likely N-dealkylation sites (tertiary alicyclic amines) is 1. The van der Waals surface area contributed by atoms with E-state index >= 15 is 0 Å². The summed E-state index contributed by atoms with van der Waals surface area (Å²) in [6.07, 6.45) is 7.16. The van der Waals surface area contributed by atoms with Crippen molar-refractivity contribution in [1.29, 1.82) is 0 Å². The SMILES string of the molecule is c1coc(C(CNC2CCSC2)N2CCCCC2)c1. The van der Waals surface area contributed by atoms with E-state index < -0.39 is 0 Å². The van der Waals surface area contributed by atoms with E-state index in [1.54, 1.807) is 6.26 Å². The van der Waals surface area contributed by atoms with E-state index in [0.29, 0.717) is 12.1 Å². The highest BCUT2D eigenvalue weighted by atomic mass is 32.2. The highest BCUT2D eigenvalue weighted by Gasteiger charge is 2.25. The van der Waals surface area contributed by atoms with Crippen LogP contribution >= 0.6 is 11.8 Å². The van der Waals surface area contributed by atoms with Gasteiger partial charge in [-0.15, -0.1) is 0 Å². The quantitative estimate of drug-likeness (QED) is 0.898. The van der Waals surface area contributed by atoms with Gasteiger partial charge in [-0.05, 0) is 50.2 Å². The van der Waals surface area contributed by atoms with Gasteiger partial charge in [-0.2, -0.15) is 11.8 Å². The molecule has 4 heteroatoms. The summed E-state index contributed by atoms with van der Waals surface area (Å²) in [7, 11) is 0. The van der Waals surface area contributed by atoms with E-state index in [1.807, 2.05) is 6.07 Å². The molecule has 2 atom stereocenters. The lowest BCUT2D eigenvalue weighted by Gasteiger charge is -2.34. The van der Waals surface area contributed by atoms with E-state index in [4.69, 9.17) is 4.42 Å². The Bertz CT molecular complexity index is 356. The minimum absolute atomic E-state index is 0.417. The summed E-state index contributed by atoms with van der Waals surface area (Å²) in [6, 6.07) is 5.26. The summed E-state index contributed by atoms with van der Waals surface area (Å²) < 4.78 is 5.68. The zero-order chi connectivity index (χ0) is 12.9. The molecule has 2 fully saturated rings. The van der Waals surface area contributed by atoms with Crippen molar-refractivity contribution in [1.82, 2.24) is 10.2 Å². The summed E-state index contributed by atoms with van der Waals surface area (Å²) in [5.41, 5.74) is 0. The molecule has 2 aliphatic rings. The number of nitrogens with zero attached hydrogens (tertiary/aromatic N) is 1. The van der Waals surface area contributed by atoms with Crippen LogP contribution in [-0.2, 0) is 0 Å². The third-order valence-corrected chi connectivity index (χ3v) is 5.40. The van der Waals surface area contributed by atoms with Gasteiger partial charge < -0.3 is 9.73 Å². The number of thioether (sulfide) groups is 1. The summed E-state index contributed by atoms with van der Waals surface area (Å²) in [4.78, 5) is 2.59. The van der Waals surface area contributed by atoms with Crippen LogP contribution in [0.2, 0.25) is 0 Å². The maximum atomic E-state index is 5.68. The summed E-state index contributed by atoms with van der Waals surface area (Å²) in [5, 5.41) is 3.74. The average molecular weight is 280 g/mol. The molecule has 0 amide bonds. The lowest BCUT2D eigenvalue weighted by Crippen LogP contribution is -2.41. The molecule has 3 heterocycles. The lowest BCUT2D eigenvalue weighted by molar-refractivity contribution is 0.141. The van der Waals surface area contributed by atoms with Crippen LogP contribution in [0.5, 0.6) is 0 Å². The first-order valence-electron chi connectivity index (χ1n) is 7.52. The van der Waals surface area contributed by atoms with Crippen molar-refractivity contribution in [2.75, 3.05) is 31.1 Å². The predicted octanol–water partition coefficient (Wildman–Crippen LogP) is 2.90. The third kappa shape index (κ3) is 3.56. The van der Waals surface area contributed by atoms with Crippen molar-refractivity contribution in [3.05, 3.63) is 24.2 Å². The maximum absolute atomic E-state index is 5.68. The number of rotatable bonds is 5. The van der Waals surface area contributed by atoms with Gasteiger partial charge in [0.1, 0.15) is 5.76 Å². The van der Waals surface area contributed by atoms with Gasteiger partial charge in [-0.1, -0.05) is 6.42 Å². The van der Waals surface area contributed by atoms with Crippen molar-refractivity contribution in [3.8, 4) is 0 Å². The summed E-state index contributed by atoms with van der Waals surface area (Å²) in [6.45, 7) is 3.46. The monoisotopic (exact) mass is 280 g/mol. The minimum Gasteiger partial charge on any atom is -0.468 e. The van der Waals surface area contributed by atoms with Crippen LogP contribution in [0.3, 0.4) is 0 Å². The van der Waals surface area contributed by atoms with Gasteiger partial charge in [0.15, 0.2) is 0 Å².